The van der Waals surface area contributed by atoms with Crippen LogP contribution in [0, 0.1) is 5.92 Å². The van der Waals surface area contributed by atoms with Crippen molar-refractivity contribution in [1.82, 2.24) is 15.0 Å². The number of hydrogen-bond donors (Lipinski definition) is 0. The third kappa shape index (κ3) is 1.86. The van der Waals surface area contributed by atoms with E-state index in [0.717, 1.165) is 23.4 Å². The highest BCUT2D eigenvalue weighted by Crippen LogP contribution is 2.31. The van der Waals surface area contributed by atoms with Crippen LogP contribution in [0.3, 0.4) is 0 Å². The SMILES string of the molecule is CCCC1C=C(n2nnc3ccccc32)CC1. The van der Waals surface area contributed by atoms with Crippen molar-refractivity contribution in [3.63, 3.8) is 0 Å². The minimum Gasteiger partial charge on any atom is -0.217 e. The Morgan fingerprint density at radius 3 is 3.12 bits per heavy atom. The van der Waals surface area contributed by atoms with E-state index in [1.165, 1.54) is 25.0 Å². The molecule has 1 heterocycles. The molecule has 0 bridgehead atoms. The standard InChI is InChI=1S/C14H17N3/c1-2-5-11-8-9-12(10-11)17-14-7-4-3-6-13(14)15-16-17/h3-4,6-7,10-11H,2,5,8-9H2,1H3. The first-order valence-electron chi connectivity index (χ1n) is 6.40. The van der Waals surface area contributed by atoms with E-state index in [4.69, 9.17) is 0 Å². The number of para-hydroxylation sites is 1. The summed E-state index contributed by atoms with van der Waals surface area (Å²) in [6.07, 6.45) is 7.31. The highest BCUT2D eigenvalue weighted by Gasteiger charge is 2.18. The molecule has 0 radical (unpaired) electrons. The summed E-state index contributed by atoms with van der Waals surface area (Å²) in [7, 11) is 0. The highest BCUT2D eigenvalue weighted by atomic mass is 15.4. The van der Waals surface area contributed by atoms with E-state index in [1.807, 2.05) is 22.9 Å². The van der Waals surface area contributed by atoms with Crippen molar-refractivity contribution in [2.24, 2.45) is 5.92 Å². The first-order chi connectivity index (χ1) is 8.38. The van der Waals surface area contributed by atoms with E-state index in [1.54, 1.807) is 0 Å². The minimum absolute atomic E-state index is 0.734. The quantitative estimate of drug-likeness (QED) is 0.803. The molecule has 17 heavy (non-hydrogen) atoms. The largest absolute Gasteiger partial charge is 0.217 e. The lowest BCUT2D eigenvalue weighted by Crippen LogP contribution is -1.96. The fourth-order valence-electron chi connectivity index (χ4n) is 2.63. The Kier molecular flexibility index (Phi) is 2.67. The van der Waals surface area contributed by atoms with Gasteiger partial charge in [-0.25, -0.2) is 4.68 Å². The van der Waals surface area contributed by atoms with Crippen molar-refractivity contribution in [3.8, 4) is 0 Å². The summed E-state index contributed by atoms with van der Waals surface area (Å²) in [5.74, 6) is 0.734. The summed E-state index contributed by atoms with van der Waals surface area (Å²) in [5, 5.41) is 8.48. The molecular formula is C14H17N3. The van der Waals surface area contributed by atoms with Crippen molar-refractivity contribution >= 4 is 16.7 Å². The molecule has 0 aliphatic heterocycles. The van der Waals surface area contributed by atoms with Crippen LogP contribution in [0.5, 0.6) is 0 Å². The predicted octanol–water partition coefficient (Wildman–Crippen LogP) is 3.48. The molecule has 0 saturated heterocycles. The molecule has 1 aromatic carbocycles. The van der Waals surface area contributed by atoms with E-state index in [2.05, 4.69) is 29.4 Å². The van der Waals surface area contributed by atoms with Gasteiger partial charge in [-0.1, -0.05) is 36.8 Å². The van der Waals surface area contributed by atoms with E-state index in [-0.39, 0.29) is 0 Å². The number of benzene rings is 1. The number of fused-ring (bicyclic) bond motifs is 1. The molecule has 3 heteroatoms. The summed E-state index contributed by atoms with van der Waals surface area (Å²) in [6, 6.07) is 8.15. The zero-order valence-corrected chi connectivity index (χ0v) is 10.1. The Bertz CT molecular complexity index is 553. The Morgan fingerprint density at radius 1 is 1.35 bits per heavy atom. The fourth-order valence-corrected chi connectivity index (χ4v) is 2.63. The molecule has 0 saturated carbocycles. The Balaban J connectivity index is 1.97. The Labute approximate surface area is 101 Å². The number of allylic oxidation sites excluding steroid dienone is 2. The van der Waals surface area contributed by atoms with Gasteiger partial charge in [-0.3, -0.25) is 0 Å². The second kappa shape index (κ2) is 4.32. The molecule has 1 aliphatic carbocycles. The van der Waals surface area contributed by atoms with Crippen LogP contribution in [0.25, 0.3) is 16.7 Å². The number of rotatable bonds is 3. The molecule has 0 amide bonds. The van der Waals surface area contributed by atoms with Gasteiger partial charge in [0.15, 0.2) is 0 Å². The van der Waals surface area contributed by atoms with Crippen molar-refractivity contribution < 1.29 is 0 Å². The summed E-state index contributed by atoms with van der Waals surface area (Å²) >= 11 is 0. The lowest BCUT2D eigenvalue weighted by molar-refractivity contribution is 0.568. The van der Waals surface area contributed by atoms with Crippen LogP contribution in [-0.4, -0.2) is 15.0 Å². The molecule has 1 unspecified atom stereocenters. The van der Waals surface area contributed by atoms with Gasteiger partial charge >= 0.3 is 0 Å². The fraction of sp³-hybridized carbons (Fsp3) is 0.429. The molecule has 0 N–H and O–H groups in total. The van der Waals surface area contributed by atoms with Crippen LogP contribution in [0.15, 0.2) is 30.3 Å². The maximum absolute atomic E-state index is 4.27. The molecule has 0 fully saturated rings. The lowest BCUT2D eigenvalue weighted by Gasteiger charge is -2.01. The number of hydrogen-bond acceptors (Lipinski definition) is 2. The normalized spacial score (nSPS) is 19.8. The van der Waals surface area contributed by atoms with E-state index >= 15 is 0 Å². The van der Waals surface area contributed by atoms with Gasteiger partial charge in [0.05, 0.1) is 5.52 Å². The third-order valence-electron chi connectivity index (χ3n) is 3.48. The average Bonchev–Trinajstić information content (AvgIpc) is 2.95. The van der Waals surface area contributed by atoms with Crippen LogP contribution in [0.4, 0.5) is 0 Å². The van der Waals surface area contributed by atoms with E-state index < -0.39 is 0 Å². The van der Waals surface area contributed by atoms with Gasteiger partial charge in [0, 0.05) is 5.70 Å². The van der Waals surface area contributed by atoms with Crippen molar-refractivity contribution in [3.05, 3.63) is 30.3 Å². The smallest absolute Gasteiger partial charge is 0.113 e. The third-order valence-corrected chi connectivity index (χ3v) is 3.48. The van der Waals surface area contributed by atoms with Crippen LogP contribution in [0.1, 0.15) is 32.6 Å². The summed E-state index contributed by atoms with van der Waals surface area (Å²) < 4.78 is 2.00. The molecular weight excluding hydrogens is 210 g/mol. The first kappa shape index (κ1) is 10.5. The van der Waals surface area contributed by atoms with Gasteiger partial charge in [0.2, 0.25) is 0 Å². The van der Waals surface area contributed by atoms with Crippen LogP contribution >= 0.6 is 0 Å². The van der Waals surface area contributed by atoms with Crippen LogP contribution in [0.2, 0.25) is 0 Å². The summed E-state index contributed by atoms with van der Waals surface area (Å²) in [4.78, 5) is 0. The Hall–Kier alpha value is -1.64. The zero-order valence-electron chi connectivity index (χ0n) is 10.1. The second-order valence-corrected chi connectivity index (χ2v) is 4.74. The van der Waals surface area contributed by atoms with Gasteiger partial charge in [-0.05, 0) is 37.3 Å². The van der Waals surface area contributed by atoms with Crippen LogP contribution < -0.4 is 0 Å². The first-order valence-corrected chi connectivity index (χ1v) is 6.40. The van der Waals surface area contributed by atoms with Gasteiger partial charge in [0.1, 0.15) is 5.52 Å². The second-order valence-electron chi connectivity index (χ2n) is 4.74. The average molecular weight is 227 g/mol. The Morgan fingerprint density at radius 2 is 2.24 bits per heavy atom. The van der Waals surface area contributed by atoms with Gasteiger partial charge in [-0.15, -0.1) is 5.10 Å². The lowest BCUT2D eigenvalue weighted by atomic mass is 10.0. The molecule has 1 aliphatic rings. The number of nitrogens with zero attached hydrogens (tertiary/aromatic N) is 3. The minimum atomic E-state index is 0.734. The maximum atomic E-state index is 4.27. The van der Waals surface area contributed by atoms with Crippen LogP contribution in [-0.2, 0) is 0 Å². The van der Waals surface area contributed by atoms with E-state index in [0.29, 0.717) is 0 Å². The van der Waals surface area contributed by atoms with Crippen molar-refractivity contribution in [2.45, 2.75) is 32.6 Å². The number of aromatic nitrogens is 3. The summed E-state index contributed by atoms with van der Waals surface area (Å²) in [6.45, 7) is 2.25. The molecule has 2 aromatic rings. The molecule has 3 rings (SSSR count). The summed E-state index contributed by atoms with van der Waals surface area (Å²) in [5.41, 5.74) is 3.42. The van der Waals surface area contributed by atoms with Gasteiger partial charge < -0.3 is 0 Å². The molecule has 88 valence electrons. The zero-order chi connectivity index (χ0) is 11.7. The van der Waals surface area contributed by atoms with E-state index in [9.17, 15) is 0 Å². The van der Waals surface area contributed by atoms with Crippen molar-refractivity contribution in [1.29, 1.82) is 0 Å². The van der Waals surface area contributed by atoms with Gasteiger partial charge in [0.25, 0.3) is 0 Å². The maximum Gasteiger partial charge on any atom is 0.113 e. The monoisotopic (exact) mass is 227 g/mol. The molecule has 0 spiro atoms. The molecule has 1 aromatic heterocycles. The van der Waals surface area contributed by atoms with Crippen molar-refractivity contribution in [2.75, 3.05) is 0 Å². The highest BCUT2D eigenvalue weighted by molar-refractivity contribution is 5.77. The molecule has 1 atom stereocenters. The topological polar surface area (TPSA) is 30.7 Å². The van der Waals surface area contributed by atoms with Gasteiger partial charge in [-0.2, -0.15) is 0 Å². The predicted molar refractivity (Wildman–Crippen MR) is 69.4 cm³/mol. The molecule has 3 nitrogen and oxygen atoms in total.